The van der Waals surface area contributed by atoms with Crippen molar-refractivity contribution in [3.8, 4) is 5.75 Å². The Morgan fingerprint density at radius 3 is 2.63 bits per heavy atom. The van der Waals surface area contributed by atoms with Gasteiger partial charge in [-0.3, -0.25) is 4.79 Å². The van der Waals surface area contributed by atoms with E-state index in [0.717, 1.165) is 6.42 Å². The fourth-order valence-electron chi connectivity index (χ4n) is 3.07. The van der Waals surface area contributed by atoms with E-state index in [0.29, 0.717) is 51.5 Å². The zero-order valence-corrected chi connectivity index (χ0v) is 17.0. The van der Waals surface area contributed by atoms with Crippen molar-refractivity contribution in [1.29, 1.82) is 0 Å². The van der Waals surface area contributed by atoms with Crippen molar-refractivity contribution in [3.63, 3.8) is 0 Å². The molecule has 0 aliphatic carbocycles. The minimum atomic E-state index is -3.61. The lowest BCUT2D eigenvalue weighted by molar-refractivity contribution is -0.126. The van der Waals surface area contributed by atoms with E-state index in [9.17, 15) is 13.2 Å². The van der Waals surface area contributed by atoms with Gasteiger partial charge in [0.05, 0.1) is 17.4 Å². The third kappa shape index (κ3) is 6.19. The predicted octanol–water partition coefficient (Wildman–Crippen LogP) is 2.03. The number of rotatable bonds is 10. The molecule has 27 heavy (non-hydrogen) atoms. The Labute approximate surface area is 162 Å². The first kappa shape index (κ1) is 21.7. The zero-order chi connectivity index (χ0) is 19.7. The van der Waals surface area contributed by atoms with Crippen molar-refractivity contribution < 1.29 is 22.7 Å². The SMILES string of the molecule is CCOCCCNC(=O)C1CCCN(S(=O)(=O)c2ccc(OCC)cc2)C1. The first-order chi connectivity index (χ1) is 13.0. The molecule has 1 atom stereocenters. The third-order valence-corrected chi connectivity index (χ3v) is 6.38. The summed E-state index contributed by atoms with van der Waals surface area (Å²) in [5.74, 6) is 0.237. The molecule has 1 saturated heterocycles. The van der Waals surface area contributed by atoms with E-state index >= 15 is 0 Å². The molecule has 1 aromatic carbocycles. The summed E-state index contributed by atoms with van der Waals surface area (Å²) in [7, 11) is -3.61. The summed E-state index contributed by atoms with van der Waals surface area (Å²) >= 11 is 0. The van der Waals surface area contributed by atoms with Crippen LogP contribution in [0.4, 0.5) is 0 Å². The third-order valence-electron chi connectivity index (χ3n) is 4.50. The van der Waals surface area contributed by atoms with Crippen LogP contribution in [0, 0.1) is 5.92 Å². The van der Waals surface area contributed by atoms with E-state index in [1.165, 1.54) is 4.31 Å². The van der Waals surface area contributed by atoms with Gasteiger partial charge < -0.3 is 14.8 Å². The van der Waals surface area contributed by atoms with Gasteiger partial charge in [-0.2, -0.15) is 4.31 Å². The fourth-order valence-corrected chi connectivity index (χ4v) is 4.60. The van der Waals surface area contributed by atoms with Gasteiger partial charge >= 0.3 is 0 Å². The molecule has 0 spiro atoms. The molecule has 1 N–H and O–H groups in total. The highest BCUT2D eigenvalue weighted by Gasteiger charge is 2.33. The van der Waals surface area contributed by atoms with Crippen LogP contribution >= 0.6 is 0 Å². The van der Waals surface area contributed by atoms with Crippen molar-refractivity contribution in [3.05, 3.63) is 24.3 Å². The second-order valence-corrected chi connectivity index (χ2v) is 8.39. The smallest absolute Gasteiger partial charge is 0.243 e. The molecular formula is C19H30N2O5S. The Bertz CT molecular complexity index is 691. The highest BCUT2D eigenvalue weighted by atomic mass is 32.2. The minimum Gasteiger partial charge on any atom is -0.494 e. The molecule has 8 heteroatoms. The van der Waals surface area contributed by atoms with Gasteiger partial charge in [-0.25, -0.2) is 8.42 Å². The predicted molar refractivity (Wildman–Crippen MR) is 103 cm³/mol. The van der Waals surface area contributed by atoms with Gasteiger partial charge in [0.25, 0.3) is 0 Å². The number of ether oxygens (including phenoxy) is 2. The van der Waals surface area contributed by atoms with Crippen LogP contribution in [-0.4, -0.2) is 58.1 Å². The lowest BCUT2D eigenvalue weighted by atomic mass is 9.99. The molecule has 1 unspecified atom stereocenters. The van der Waals surface area contributed by atoms with Crippen molar-refractivity contribution in [2.45, 2.75) is 38.0 Å². The molecule has 2 rings (SSSR count). The minimum absolute atomic E-state index is 0.0851. The van der Waals surface area contributed by atoms with Crippen LogP contribution in [0.1, 0.15) is 33.1 Å². The number of carbonyl (C=O) groups is 1. The summed E-state index contributed by atoms with van der Waals surface area (Å²) in [6.07, 6.45) is 2.13. The van der Waals surface area contributed by atoms with Crippen LogP contribution in [0.5, 0.6) is 5.75 Å². The molecule has 1 amide bonds. The van der Waals surface area contributed by atoms with Crippen LogP contribution in [0.15, 0.2) is 29.2 Å². The van der Waals surface area contributed by atoms with E-state index in [1.807, 2.05) is 13.8 Å². The second-order valence-electron chi connectivity index (χ2n) is 6.45. The normalized spacial score (nSPS) is 18.2. The largest absolute Gasteiger partial charge is 0.494 e. The quantitative estimate of drug-likeness (QED) is 0.610. The van der Waals surface area contributed by atoms with E-state index in [-0.39, 0.29) is 23.3 Å². The summed E-state index contributed by atoms with van der Waals surface area (Å²) in [6, 6.07) is 6.42. The molecule has 1 aliphatic heterocycles. The highest BCUT2D eigenvalue weighted by molar-refractivity contribution is 7.89. The second kappa shape index (κ2) is 10.6. The van der Waals surface area contributed by atoms with Crippen LogP contribution in [0.3, 0.4) is 0 Å². The average molecular weight is 399 g/mol. The first-order valence-electron chi connectivity index (χ1n) is 9.57. The summed E-state index contributed by atoms with van der Waals surface area (Å²) < 4.78 is 37.8. The van der Waals surface area contributed by atoms with E-state index in [1.54, 1.807) is 24.3 Å². The van der Waals surface area contributed by atoms with Gasteiger partial charge in [0, 0.05) is 32.8 Å². The molecule has 7 nitrogen and oxygen atoms in total. The fraction of sp³-hybridized carbons (Fsp3) is 0.632. The Hall–Kier alpha value is -1.64. The van der Waals surface area contributed by atoms with E-state index in [4.69, 9.17) is 9.47 Å². The standard InChI is InChI=1S/C19H30N2O5S/c1-3-25-14-6-12-20-19(22)16-7-5-13-21(15-16)27(23,24)18-10-8-17(9-11-18)26-4-2/h8-11,16H,3-7,12-15H2,1-2H3,(H,20,22). The van der Waals surface area contributed by atoms with Gasteiger partial charge in [-0.15, -0.1) is 0 Å². The number of amides is 1. The maximum Gasteiger partial charge on any atom is 0.243 e. The lowest BCUT2D eigenvalue weighted by Crippen LogP contribution is -2.45. The van der Waals surface area contributed by atoms with Crippen molar-refractivity contribution in [1.82, 2.24) is 9.62 Å². The molecule has 1 aromatic rings. The summed E-state index contributed by atoms with van der Waals surface area (Å²) in [5.41, 5.74) is 0. The number of hydrogen-bond acceptors (Lipinski definition) is 5. The van der Waals surface area contributed by atoms with Crippen LogP contribution in [0.25, 0.3) is 0 Å². The number of benzene rings is 1. The Balaban J connectivity index is 1.94. The lowest BCUT2D eigenvalue weighted by Gasteiger charge is -2.31. The molecule has 0 aromatic heterocycles. The highest BCUT2D eigenvalue weighted by Crippen LogP contribution is 2.25. The molecule has 1 heterocycles. The maximum atomic E-state index is 12.9. The molecule has 0 radical (unpaired) electrons. The number of hydrogen-bond donors (Lipinski definition) is 1. The number of piperidine rings is 1. The average Bonchev–Trinajstić information content (AvgIpc) is 2.68. The van der Waals surface area contributed by atoms with Gasteiger partial charge in [-0.05, 0) is 57.4 Å². The summed E-state index contributed by atoms with van der Waals surface area (Å²) in [6.45, 7) is 6.80. The van der Waals surface area contributed by atoms with Gasteiger partial charge in [0.15, 0.2) is 0 Å². The zero-order valence-electron chi connectivity index (χ0n) is 16.1. The molecule has 0 saturated carbocycles. The van der Waals surface area contributed by atoms with E-state index in [2.05, 4.69) is 5.32 Å². The number of nitrogens with one attached hydrogen (secondary N) is 1. The summed E-state index contributed by atoms with van der Waals surface area (Å²) in [5, 5.41) is 2.89. The first-order valence-corrected chi connectivity index (χ1v) is 11.0. The number of carbonyl (C=O) groups excluding carboxylic acids is 1. The molecule has 152 valence electrons. The summed E-state index contributed by atoms with van der Waals surface area (Å²) in [4.78, 5) is 12.6. The van der Waals surface area contributed by atoms with Gasteiger partial charge in [-0.1, -0.05) is 0 Å². The van der Waals surface area contributed by atoms with Crippen molar-refractivity contribution in [2.75, 3.05) is 39.5 Å². The van der Waals surface area contributed by atoms with Crippen LogP contribution < -0.4 is 10.1 Å². The van der Waals surface area contributed by atoms with Gasteiger partial charge in [0.1, 0.15) is 5.75 Å². The topological polar surface area (TPSA) is 84.9 Å². The van der Waals surface area contributed by atoms with E-state index < -0.39 is 10.0 Å². The van der Waals surface area contributed by atoms with Crippen LogP contribution in [-0.2, 0) is 19.6 Å². The monoisotopic (exact) mass is 398 g/mol. The maximum absolute atomic E-state index is 12.9. The number of sulfonamides is 1. The van der Waals surface area contributed by atoms with Crippen molar-refractivity contribution in [2.24, 2.45) is 5.92 Å². The molecule has 0 bridgehead atoms. The Kier molecular flexibility index (Phi) is 8.53. The van der Waals surface area contributed by atoms with Crippen LogP contribution in [0.2, 0.25) is 0 Å². The number of nitrogens with zero attached hydrogens (tertiary/aromatic N) is 1. The molecule has 1 fully saturated rings. The molecule has 1 aliphatic rings. The Morgan fingerprint density at radius 1 is 1.22 bits per heavy atom. The molecular weight excluding hydrogens is 368 g/mol. The van der Waals surface area contributed by atoms with Gasteiger partial charge in [0.2, 0.25) is 15.9 Å². The van der Waals surface area contributed by atoms with Crippen molar-refractivity contribution >= 4 is 15.9 Å². The Morgan fingerprint density at radius 2 is 1.96 bits per heavy atom.